The zero-order valence-electron chi connectivity index (χ0n) is 16.0. The highest BCUT2D eigenvalue weighted by molar-refractivity contribution is 7.80. The van der Waals surface area contributed by atoms with Crippen molar-refractivity contribution in [1.82, 2.24) is 5.32 Å². The molecule has 27 heavy (non-hydrogen) atoms. The van der Waals surface area contributed by atoms with Crippen LogP contribution in [0.2, 0.25) is 0 Å². The van der Waals surface area contributed by atoms with Crippen molar-refractivity contribution < 1.29 is 14.3 Å². The van der Waals surface area contributed by atoms with Crippen molar-refractivity contribution in [2.45, 2.75) is 27.2 Å². The number of anilines is 1. The molecule has 0 saturated heterocycles. The van der Waals surface area contributed by atoms with E-state index in [1.165, 1.54) is 0 Å². The monoisotopic (exact) mass is 386 g/mol. The molecule has 6 heteroatoms. The number of carbonyl (C=O) groups is 1. The number of para-hydroxylation sites is 3. The summed E-state index contributed by atoms with van der Waals surface area (Å²) in [4.78, 5) is 12.6. The average Bonchev–Trinajstić information content (AvgIpc) is 2.65. The summed E-state index contributed by atoms with van der Waals surface area (Å²) in [5.41, 5.74) is 1.15. The van der Waals surface area contributed by atoms with E-state index in [1.807, 2.05) is 37.3 Å². The number of thiocarbonyl (C=S) groups is 1. The fourth-order valence-electron chi connectivity index (χ4n) is 2.27. The average molecular weight is 387 g/mol. The molecule has 0 aliphatic heterocycles. The largest absolute Gasteiger partial charge is 0.493 e. The molecule has 0 unspecified atom stereocenters. The summed E-state index contributed by atoms with van der Waals surface area (Å²) >= 11 is 5.30. The lowest BCUT2D eigenvalue weighted by Crippen LogP contribution is -2.34. The summed E-state index contributed by atoms with van der Waals surface area (Å²) in [6.45, 7) is 7.33. The van der Waals surface area contributed by atoms with Gasteiger partial charge in [0, 0.05) is 0 Å². The Balaban J connectivity index is 2.03. The van der Waals surface area contributed by atoms with Gasteiger partial charge in [0.1, 0.15) is 11.5 Å². The van der Waals surface area contributed by atoms with Crippen molar-refractivity contribution in [2.75, 3.05) is 18.5 Å². The predicted octanol–water partition coefficient (Wildman–Crippen LogP) is 4.64. The molecule has 0 spiro atoms. The van der Waals surface area contributed by atoms with Crippen molar-refractivity contribution in [3.05, 3.63) is 54.1 Å². The van der Waals surface area contributed by atoms with E-state index in [0.717, 1.165) is 6.42 Å². The zero-order valence-corrected chi connectivity index (χ0v) is 16.8. The Labute approximate surface area is 166 Å². The van der Waals surface area contributed by atoms with E-state index < -0.39 is 0 Å². The van der Waals surface area contributed by atoms with Crippen molar-refractivity contribution in [3.8, 4) is 11.5 Å². The molecule has 144 valence electrons. The van der Waals surface area contributed by atoms with Crippen LogP contribution in [-0.4, -0.2) is 24.2 Å². The smallest absolute Gasteiger partial charge is 0.261 e. The zero-order chi connectivity index (χ0) is 19.6. The van der Waals surface area contributed by atoms with Gasteiger partial charge < -0.3 is 14.8 Å². The second-order valence-corrected chi connectivity index (χ2v) is 6.86. The van der Waals surface area contributed by atoms with Crippen LogP contribution in [0.25, 0.3) is 0 Å². The van der Waals surface area contributed by atoms with Crippen molar-refractivity contribution in [2.24, 2.45) is 5.92 Å². The molecule has 0 aliphatic carbocycles. The van der Waals surface area contributed by atoms with E-state index in [1.54, 1.807) is 18.2 Å². The third-order valence-electron chi connectivity index (χ3n) is 3.53. The van der Waals surface area contributed by atoms with Gasteiger partial charge in [-0.2, -0.15) is 0 Å². The number of nitrogens with one attached hydrogen (secondary N) is 2. The van der Waals surface area contributed by atoms with Gasteiger partial charge in [-0.1, -0.05) is 45.0 Å². The number of hydrogen-bond donors (Lipinski definition) is 2. The lowest BCUT2D eigenvalue weighted by molar-refractivity contribution is 0.0973. The van der Waals surface area contributed by atoms with E-state index in [9.17, 15) is 4.79 Å². The summed E-state index contributed by atoms with van der Waals surface area (Å²) in [5, 5.41) is 5.93. The van der Waals surface area contributed by atoms with E-state index in [0.29, 0.717) is 41.9 Å². The number of ether oxygens (including phenoxy) is 2. The van der Waals surface area contributed by atoms with E-state index >= 15 is 0 Å². The number of amides is 1. The molecule has 2 N–H and O–H groups in total. The SMILES string of the molecule is CCCOc1ccccc1C(=O)NC(=S)Nc1ccccc1OCC(C)C. The van der Waals surface area contributed by atoms with Crippen LogP contribution in [0.3, 0.4) is 0 Å². The summed E-state index contributed by atoms with van der Waals surface area (Å²) in [7, 11) is 0. The Kier molecular flexibility index (Phi) is 8.07. The summed E-state index contributed by atoms with van der Waals surface area (Å²) in [6, 6.07) is 14.6. The molecule has 0 fully saturated rings. The minimum absolute atomic E-state index is 0.200. The summed E-state index contributed by atoms with van der Waals surface area (Å²) < 4.78 is 11.4. The molecular weight excluding hydrogens is 360 g/mol. The van der Waals surface area contributed by atoms with Gasteiger partial charge in [-0.15, -0.1) is 0 Å². The highest BCUT2D eigenvalue weighted by atomic mass is 32.1. The van der Waals surface area contributed by atoms with Crippen molar-refractivity contribution in [3.63, 3.8) is 0 Å². The Morgan fingerprint density at radius 2 is 1.70 bits per heavy atom. The molecule has 0 aliphatic rings. The molecule has 0 radical (unpaired) electrons. The number of carbonyl (C=O) groups excluding carboxylic acids is 1. The first-order chi connectivity index (χ1) is 13.0. The first kappa shape index (κ1) is 20.7. The van der Waals surface area contributed by atoms with Crippen LogP contribution < -0.4 is 20.1 Å². The van der Waals surface area contributed by atoms with Crippen LogP contribution in [0, 0.1) is 5.92 Å². The third-order valence-corrected chi connectivity index (χ3v) is 3.73. The first-order valence-electron chi connectivity index (χ1n) is 9.07. The lowest BCUT2D eigenvalue weighted by atomic mass is 10.2. The number of hydrogen-bond acceptors (Lipinski definition) is 4. The van der Waals surface area contributed by atoms with Gasteiger partial charge in [0.2, 0.25) is 0 Å². The van der Waals surface area contributed by atoms with Gasteiger partial charge in [-0.05, 0) is 48.8 Å². The van der Waals surface area contributed by atoms with Crippen LogP contribution in [-0.2, 0) is 0 Å². The summed E-state index contributed by atoms with van der Waals surface area (Å²) in [5.74, 6) is 1.32. The van der Waals surface area contributed by atoms with Gasteiger partial charge in [-0.25, -0.2) is 0 Å². The van der Waals surface area contributed by atoms with Gasteiger partial charge in [0.25, 0.3) is 5.91 Å². The second-order valence-electron chi connectivity index (χ2n) is 6.45. The Hall–Kier alpha value is -2.60. The fourth-order valence-corrected chi connectivity index (χ4v) is 2.47. The van der Waals surface area contributed by atoms with E-state index in [2.05, 4.69) is 24.5 Å². The molecule has 2 rings (SSSR count). The molecule has 2 aromatic carbocycles. The molecule has 5 nitrogen and oxygen atoms in total. The predicted molar refractivity (Wildman–Crippen MR) is 113 cm³/mol. The molecule has 0 bridgehead atoms. The fraction of sp³-hybridized carbons (Fsp3) is 0.333. The molecule has 1 amide bonds. The van der Waals surface area contributed by atoms with E-state index in [4.69, 9.17) is 21.7 Å². The van der Waals surface area contributed by atoms with Crippen LogP contribution in [0.5, 0.6) is 11.5 Å². The van der Waals surface area contributed by atoms with Gasteiger partial charge >= 0.3 is 0 Å². The van der Waals surface area contributed by atoms with Gasteiger partial charge in [-0.3, -0.25) is 10.1 Å². The third kappa shape index (κ3) is 6.57. The maximum Gasteiger partial charge on any atom is 0.261 e. The molecular formula is C21H26N2O3S. The maximum atomic E-state index is 12.6. The highest BCUT2D eigenvalue weighted by Gasteiger charge is 2.14. The Morgan fingerprint density at radius 3 is 2.41 bits per heavy atom. The van der Waals surface area contributed by atoms with Crippen LogP contribution >= 0.6 is 12.2 Å². The van der Waals surface area contributed by atoms with Gasteiger partial charge in [0.05, 0.1) is 24.5 Å². The molecule has 0 atom stereocenters. The number of benzene rings is 2. The van der Waals surface area contributed by atoms with Crippen LogP contribution in [0.1, 0.15) is 37.6 Å². The Bertz CT molecular complexity index is 778. The van der Waals surface area contributed by atoms with E-state index in [-0.39, 0.29) is 11.0 Å². The number of rotatable bonds is 8. The Morgan fingerprint density at radius 1 is 1.04 bits per heavy atom. The standard InChI is InChI=1S/C21H26N2O3S/c1-4-13-25-18-11-7-5-9-16(18)20(24)23-21(27)22-17-10-6-8-12-19(17)26-14-15(2)3/h5-12,15H,4,13-14H2,1-3H3,(H2,22,23,24,27). The lowest BCUT2D eigenvalue weighted by Gasteiger charge is -2.16. The summed E-state index contributed by atoms with van der Waals surface area (Å²) in [6.07, 6.45) is 0.864. The van der Waals surface area contributed by atoms with Gasteiger partial charge in [0.15, 0.2) is 5.11 Å². The normalized spacial score (nSPS) is 10.4. The van der Waals surface area contributed by atoms with Crippen molar-refractivity contribution in [1.29, 1.82) is 0 Å². The maximum absolute atomic E-state index is 12.6. The topological polar surface area (TPSA) is 59.6 Å². The molecule has 0 aromatic heterocycles. The molecule has 0 heterocycles. The second kappa shape index (κ2) is 10.5. The first-order valence-corrected chi connectivity index (χ1v) is 9.48. The molecule has 2 aromatic rings. The minimum Gasteiger partial charge on any atom is -0.493 e. The van der Waals surface area contributed by atoms with Crippen LogP contribution in [0.4, 0.5) is 5.69 Å². The van der Waals surface area contributed by atoms with Crippen molar-refractivity contribution >= 4 is 28.9 Å². The highest BCUT2D eigenvalue weighted by Crippen LogP contribution is 2.24. The quantitative estimate of drug-likeness (QED) is 0.648. The van der Waals surface area contributed by atoms with Crippen LogP contribution in [0.15, 0.2) is 48.5 Å². The minimum atomic E-state index is -0.320. The molecule has 0 saturated carbocycles.